The van der Waals surface area contributed by atoms with Crippen LogP contribution in [0.3, 0.4) is 0 Å². The van der Waals surface area contributed by atoms with Crippen molar-refractivity contribution in [3.63, 3.8) is 0 Å². The van der Waals surface area contributed by atoms with Gasteiger partial charge in [-0.15, -0.1) is 0 Å². The van der Waals surface area contributed by atoms with Gasteiger partial charge in [0.15, 0.2) is 5.15 Å². The number of thioether (sulfide) groups is 1. The van der Waals surface area contributed by atoms with Gasteiger partial charge in [0.2, 0.25) is 5.91 Å². The summed E-state index contributed by atoms with van der Waals surface area (Å²) in [4.78, 5) is 15.2. The number of pyridine rings is 1. The second kappa shape index (κ2) is 5.58. The molecule has 0 spiro atoms. The van der Waals surface area contributed by atoms with E-state index in [0.29, 0.717) is 16.6 Å². The van der Waals surface area contributed by atoms with Gasteiger partial charge in [0.05, 0.1) is 11.4 Å². The van der Waals surface area contributed by atoms with Crippen LogP contribution in [0.25, 0.3) is 0 Å². The first-order chi connectivity index (χ1) is 7.04. The van der Waals surface area contributed by atoms with E-state index in [1.165, 1.54) is 11.8 Å². The minimum Gasteiger partial charge on any atom is -0.323 e. The van der Waals surface area contributed by atoms with Crippen LogP contribution in [0.4, 0.5) is 5.69 Å². The summed E-state index contributed by atoms with van der Waals surface area (Å²) in [5.74, 6) is 0.287. The van der Waals surface area contributed by atoms with Crippen molar-refractivity contribution < 1.29 is 4.79 Å². The number of hydrogen-bond acceptors (Lipinski definition) is 3. The van der Waals surface area contributed by atoms with Gasteiger partial charge in [0.1, 0.15) is 5.15 Å². The molecule has 0 saturated carbocycles. The van der Waals surface area contributed by atoms with E-state index in [-0.39, 0.29) is 11.1 Å². The number of amides is 1. The Kier molecular flexibility index (Phi) is 4.70. The van der Waals surface area contributed by atoms with Gasteiger partial charge in [-0.1, -0.05) is 23.2 Å². The van der Waals surface area contributed by atoms with Crippen molar-refractivity contribution >= 4 is 46.6 Å². The Bertz CT molecular complexity index is 361. The number of hydrogen-bond donors (Lipinski definition) is 1. The van der Waals surface area contributed by atoms with Gasteiger partial charge < -0.3 is 5.32 Å². The van der Waals surface area contributed by atoms with Gasteiger partial charge in [0.25, 0.3) is 0 Å². The fraction of sp³-hybridized carbons (Fsp3) is 0.333. The van der Waals surface area contributed by atoms with Crippen LogP contribution >= 0.6 is 35.0 Å². The molecular weight excluding hydrogens is 255 g/mol. The molecule has 0 fully saturated rings. The molecule has 1 aromatic heterocycles. The van der Waals surface area contributed by atoms with E-state index in [0.717, 1.165) is 5.56 Å². The van der Waals surface area contributed by atoms with Crippen molar-refractivity contribution in [2.24, 2.45) is 0 Å². The molecule has 0 bridgehead atoms. The van der Waals surface area contributed by atoms with E-state index >= 15 is 0 Å². The normalized spacial score (nSPS) is 10.1. The molecule has 1 rings (SSSR count). The summed E-state index contributed by atoms with van der Waals surface area (Å²) >= 11 is 13.0. The van der Waals surface area contributed by atoms with Gasteiger partial charge in [-0.2, -0.15) is 11.8 Å². The van der Waals surface area contributed by atoms with Crippen LogP contribution in [0.15, 0.2) is 6.07 Å². The van der Waals surface area contributed by atoms with E-state index in [9.17, 15) is 4.79 Å². The molecule has 0 aliphatic rings. The Morgan fingerprint density at radius 3 is 2.80 bits per heavy atom. The van der Waals surface area contributed by atoms with E-state index in [1.807, 2.05) is 13.2 Å². The lowest BCUT2D eigenvalue weighted by Crippen LogP contribution is -2.15. The number of aryl methyl sites for hydroxylation is 1. The zero-order valence-corrected chi connectivity index (χ0v) is 10.6. The lowest BCUT2D eigenvalue weighted by molar-refractivity contribution is -0.113. The van der Waals surface area contributed by atoms with Gasteiger partial charge in [-0.25, -0.2) is 4.98 Å². The van der Waals surface area contributed by atoms with Crippen LogP contribution < -0.4 is 5.32 Å². The summed E-state index contributed by atoms with van der Waals surface area (Å²) in [7, 11) is 0. The molecule has 0 aliphatic carbocycles. The molecule has 0 radical (unpaired) electrons. The molecule has 0 saturated heterocycles. The molecule has 3 nitrogen and oxygen atoms in total. The number of aromatic nitrogens is 1. The smallest absolute Gasteiger partial charge is 0.234 e. The predicted octanol–water partition coefficient (Wildman–Crippen LogP) is 3.00. The highest BCUT2D eigenvalue weighted by Crippen LogP contribution is 2.26. The van der Waals surface area contributed by atoms with Crippen molar-refractivity contribution in [2.45, 2.75) is 6.92 Å². The third-order valence-corrected chi connectivity index (χ3v) is 2.70. The van der Waals surface area contributed by atoms with Crippen molar-refractivity contribution in [2.75, 3.05) is 17.3 Å². The van der Waals surface area contributed by atoms with Gasteiger partial charge in [-0.05, 0) is 24.8 Å². The van der Waals surface area contributed by atoms with Crippen molar-refractivity contribution in [3.8, 4) is 0 Å². The number of rotatable bonds is 3. The average molecular weight is 265 g/mol. The van der Waals surface area contributed by atoms with Crippen LogP contribution in [-0.4, -0.2) is 22.9 Å². The lowest BCUT2D eigenvalue weighted by Gasteiger charge is -2.09. The minimum atomic E-state index is -0.100. The zero-order chi connectivity index (χ0) is 11.4. The monoisotopic (exact) mass is 264 g/mol. The first-order valence-corrected chi connectivity index (χ1v) is 6.31. The van der Waals surface area contributed by atoms with Crippen LogP contribution in [0.2, 0.25) is 10.3 Å². The molecule has 0 aliphatic heterocycles. The molecule has 1 N–H and O–H groups in total. The highest BCUT2D eigenvalue weighted by atomic mass is 35.5. The van der Waals surface area contributed by atoms with E-state index in [1.54, 1.807) is 6.07 Å². The standard InChI is InChI=1S/C9H10Cl2N2OS/c1-5-3-6(10)12-9(11)8(5)13-7(14)4-15-2/h3H,4H2,1-2H3,(H,13,14). The Hall–Kier alpha value is -0.450. The Labute approximate surface area is 103 Å². The van der Waals surface area contributed by atoms with Gasteiger partial charge in [0, 0.05) is 0 Å². The molecule has 82 valence electrons. The fourth-order valence-electron chi connectivity index (χ4n) is 1.05. The minimum absolute atomic E-state index is 0.100. The number of anilines is 1. The molecule has 1 amide bonds. The highest BCUT2D eigenvalue weighted by Gasteiger charge is 2.10. The quantitative estimate of drug-likeness (QED) is 0.854. The maximum atomic E-state index is 11.4. The zero-order valence-electron chi connectivity index (χ0n) is 8.30. The Morgan fingerprint density at radius 2 is 2.27 bits per heavy atom. The number of carbonyl (C=O) groups excluding carboxylic acids is 1. The summed E-state index contributed by atoms with van der Waals surface area (Å²) in [6.45, 7) is 1.81. The third kappa shape index (κ3) is 3.55. The fourth-order valence-corrected chi connectivity index (χ4v) is 1.97. The summed E-state index contributed by atoms with van der Waals surface area (Å²) in [6.07, 6.45) is 1.86. The number of nitrogens with zero attached hydrogens (tertiary/aromatic N) is 1. The average Bonchev–Trinajstić information content (AvgIpc) is 2.11. The van der Waals surface area contributed by atoms with E-state index in [4.69, 9.17) is 23.2 Å². The SMILES string of the molecule is CSCC(=O)Nc1c(C)cc(Cl)nc1Cl. The predicted molar refractivity (Wildman–Crippen MR) is 66.0 cm³/mol. The molecule has 1 aromatic rings. The van der Waals surface area contributed by atoms with Gasteiger partial charge >= 0.3 is 0 Å². The molecule has 6 heteroatoms. The Balaban J connectivity index is 2.90. The first kappa shape index (κ1) is 12.6. The van der Waals surface area contributed by atoms with Crippen LogP contribution in [0, 0.1) is 6.92 Å². The number of halogens is 2. The van der Waals surface area contributed by atoms with Crippen molar-refractivity contribution in [1.29, 1.82) is 0 Å². The molecule has 0 atom stereocenters. The first-order valence-electron chi connectivity index (χ1n) is 4.16. The van der Waals surface area contributed by atoms with Crippen molar-refractivity contribution in [3.05, 3.63) is 21.9 Å². The van der Waals surface area contributed by atoms with Crippen molar-refractivity contribution in [1.82, 2.24) is 4.98 Å². The van der Waals surface area contributed by atoms with E-state index in [2.05, 4.69) is 10.3 Å². The second-order valence-electron chi connectivity index (χ2n) is 2.91. The maximum absolute atomic E-state index is 11.4. The van der Waals surface area contributed by atoms with Gasteiger partial charge in [-0.3, -0.25) is 4.79 Å². The molecule has 0 aromatic carbocycles. The molecule has 1 heterocycles. The summed E-state index contributed by atoms with van der Waals surface area (Å²) in [5.41, 5.74) is 1.33. The molecular formula is C9H10Cl2N2OS. The maximum Gasteiger partial charge on any atom is 0.234 e. The highest BCUT2D eigenvalue weighted by molar-refractivity contribution is 7.99. The third-order valence-electron chi connectivity index (χ3n) is 1.68. The number of carbonyl (C=O) groups is 1. The largest absolute Gasteiger partial charge is 0.323 e. The lowest BCUT2D eigenvalue weighted by atomic mass is 10.2. The summed E-state index contributed by atoms with van der Waals surface area (Å²) in [5, 5.41) is 3.23. The van der Waals surface area contributed by atoms with Crippen LogP contribution in [0.1, 0.15) is 5.56 Å². The van der Waals surface area contributed by atoms with E-state index < -0.39 is 0 Å². The summed E-state index contributed by atoms with van der Waals surface area (Å²) < 4.78 is 0. The van der Waals surface area contributed by atoms with Crippen LogP contribution in [0.5, 0.6) is 0 Å². The Morgan fingerprint density at radius 1 is 1.60 bits per heavy atom. The topological polar surface area (TPSA) is 42.0 Å². The molecule has 15 heavy (non-hydrogen) atoms. The second-order valence-corrected chi connectivity index (χ2v) is 4.52. The van der Waals surface area contributed by atoms with Crippen LogP contribution in [-0.2, 0) is 4.79 Å². The molecule has 0 unspecified atom stereocenters. The number of nitrogens with one attached hydrogen (secondary N) is 1. The summed E-state index contributed by atoms with van der Waals surface area (Å²) in [6, 6.07) is 1.65.